The summed E-state index contributed by atoms with van der Waals surface area (Å²) in [5.41, 5.74) is 0. The minimum Gasteiger partial charge on any atom is -0.253 e. The average molecular weight is 135 g/mol. The molecule has 0 bridgehead atoms. The van der Waals surface area contributed by atoms with Crippen LogP contribution in [-0.2, 0) is 9.71 Å². The molecule has 0 rings (SSSR count). The molecule has 50 valence electrons. The van der Waals surface area contributed by atoms with Gasteiger partial charge in [-0.05, 0) is 19.3 Å². The molecule has 0 amide bonds. The Balaban J connectivity index is 4.26. The summed E-state index contributed by atoms with van der Waals surface area (Å²) in [5, 5.41) is 1.72. The molecule has 0 aromatic carbocycles. The molecule has 0 aromatic heterocycles. The smallest absolute Gasteiger partial charge is 0.0271 e. The maximum Gasteiger partial charge on any atom is 0.0271 e. The molecule has 8 heavy (non-hydrogen) atoms. The zero-order valence-electron chi connectivity index (χ0n) is 5.60. The monoisotopic (exact) mass is 135 g/mol. The molecular weight excluding hydrogens is 122 g/mol. The molecule has 0 aliphatic carbocycles. The van der Waals surface area contributed by atoms with Crippen molar-refractivity contribution in [1.29, 1.82) is 0 Å². The third-order valence-corrected chi connectivity index (χ3v) is 3.47. The van der Waals surface area contributed by atoms with Crippen LogP contribution in [0.3, 0.4) is 0 Å². The third-order valence-electron chi connectivity index (χ3n) is 1.16. The highest BCUT2D eigenvalue weighted by atomic mass is 32.2. The van der Waals surface area contributed by atoms with Crippen molar-refractivity contribution in [1.82, 2.24) is 4.72 Å². The minimum atomic E-state index is -1.78. The van der Waals surface area contributed by atoms with Crippen LogP contribution in [0.5, 0.6) is 0 Å². The van der Waals surface area contributed by atoms with E-state index in [1.54, 1.807) is 12.4 Å². The lowest BCUT2D eigenvalue weighted by Crippen LogP contribution is -2.22. The van der Waals surface area contributed by atoms with Crippen LogP contribution in [0.2, 0.25) is 0 Å². The quantitative estimate of drug-likeness (QED) is 0.540. The van der Waals surface area contributed by atoms with E-state index in [0.29, 0.717) is 5.75 Å². The van der Waals surface area contributed by atoms with Gasteiger partial charge in [0.05, 0.1) is 0 Å². The second-order valence-corrected chi connectivity index (χ2v) is 4.36. The molecule has 1 atom stereocenters. The van der Waals surface area contributed by atoms with Gasteiger partial charge in [0.1, 0.15) is 0 Å². The van der Waals surface area contributed by atoms with Crippen molar-refractivity contribution in [3.63, 3.8) is 0 Å². The Labute approximate surface area is 51.4 Å². The Morgan fingerprint density at radius 1 is 1.75 bits per heavy atom. The van der Waals surface area contributed by atoms with Gasteiger partial charge in [-0.3, -0.25) is 4.21 Å². The predicted octanol–water partition coefficient (Wildman–Crippen LogP) is 0.247. The van der Waals surface area contributed by atoms with Gasteiger partial charge in [0.25, 0.3) is 0 Å². The summed E-state index contributed by atoms with van der Waals surface area (Å²) in [6.07, 6.45) is 0. The number of hydrogen-bond donors (Lipinski definition) is 1. The summed E-state index contributed by atoms with van der Waals surface area (Å²) in [4.78, 5) is 0. The summed E-state index contributed by atoms with van der Waals surface area (Å²) in [5.74, 6) is 0.681. The average Bonchev–Trinajstić information content (AvgIpc) is 1.87. The van der Waals surface area contributed by atoms with Crippen molar-refractivity contribution in [2.75, 3.05) is 12.8 Å². The fourth-order valence-corrected chi connectivity index (χ4v) is 1.29. The van der Waals surface area contributed by atoms with Crippen molar-refractivity contribution >= 4 is 15.1 Å². The number of rotatable bonds is 2. The van der Waals surface area contributed by atoms with Gasteiger partial charge in [-0.25, -0.2) is 4.72 Å². The van der Waals surface area contributed by atoms with Crippen LogP contribution >= 0.6 is 0 Å². The van der Waals surface area contributed by atoms with E-state index in [0.717, 1.165) is 0 Å². The van der Waals surface area contributed by atoms with Crippen LogP contribution in [0, 0.1) is 0 Å². The highest BCUT2D eigenvalue weighted by Gasteiger charge is 1.93. The van der Waals surface area contributed by atoms with Gasteiger partial charge in [-0.1, -0.05) is 6.92 Å². The molecule has 1 N–H and O–H groups in total. The van der Waals surface area contributed by atoms with Crippen LogP contribution in [0.15, 0.2) is 0 Å². The first-order chi connectivity index (χ1) is 3.68. The van der Waals surface area contributed by atoms with E-state index in [4.69, 9.17) is 0 Å². The summed E-state index contributed by atoms with van der Waals surface area (Å²) in [6.45, 7) is 3.71. The Kier molecular flexibility index (Phi) is 3.09. The van der Waals surface area contributed by atoms with E-state index in [1.165, 1.54) is 0 Å². The Bertz CT molecular complexity index is 146. The molecule has 0 spiro atoms. The second-order valence-electron chi connectivity index (χ2n) is 1.45. The lowest BCUT2D eigenvalue weighted by atomic mass is 11.0. The van der Waals surface area contributed by atoms with Gasteiger partial charge >= 0.3 is 0 Å². The van der Waals surface area contributed by atoms with E-state index in [9.17, 15) is 4.21 Å². The summed E-state index contributed by atoms with van der Waals surface area (Å²) < 4.78 is 13.9. The fourth-order valence-electron chi connectivity index (χ4n) is 0.429. The second kappa shape index (κ2) is 3.10. The van der Waals surface area contributed by atoms with Gasteiger partial charge in [-0.15, -0.1) is 0 Å². The normalized spacial score (nSPS) is 17.4. The van der Waals surface area contributed by atoms with Crippen LogP contribution in [0.25, 0.3) is 0 Å². The molecule has 0 aromatic rings. The first-order valence-corrected chi connectivity index (χ1v) is 4.47. The summed E-state index contributed by atoms with van der Waals surface area (Å²) in [6, 6.07) is 0. The molecule has 0 heterocycles. The van der Waals surface area contributed by atoms with E-state index >= 15 is 0 Å². The van der Waals surface area contributed by atoms with E-state index < -0.39 is 9.71 Å². The zero-order valence-corrected chi connectivity index (χ0v) is 6.42. The maximum absolute atomic E-state index is 11.1. The fraction of sp³-hybridized carbons (Fsp3) is 0.800. The maximum atomic E-state index is 11.1. The van der Waals surface area contributed by atoms with Crippen molar-refractivity contribution in [2.45, 2.75) is 13.8 Å². The van der Waals surface area contributed by atoms with Gasteiger partial charge < -0.3 is 0 Å². The van der Waals surface area contributed by atoms with Gasteiger partial charge in [-0.2, -0.15) is 0 Å². The molecular formula is C5H13NOS. The lowest BCUT2D eigenvalue weighted by molar-refractivity contribution is 0.676. The van der Waals surface area contributed by atoms with Crippen molar-refractivity contribution in [3.05, 3.63) is 0 Å². The highest BCUT2D eigenvalue weighted by molar-refractivity contribution is 7.99. The molecule has 0 saturated heterocycles. The first kappa shape index (κ1) is 7.98. The van der Waals surface area contributed by atoms with Crippen LogP contribution in [0.1, 0.15) is 13.8 Å². The summed E-state index contributed by atoms with van der Waals surface area (Å²) in [7, 11) is -0.0637. The van der Waals surface area contributed by atoms with Gasteiger partial charge in [0.2, 0.25) is 0 Å². The highest BCUT2D eigenvalue weighted by Crippen LogP contribution is 1.80. The van der Waals surface area contributed by atoms with Gasteiger partial charge in [0.15, 0.2) is 0 Å². The molecule has 0 aliphatic heterocycles. The van der Waals surface area contributed by atoms with Crippen molar-refractivity contribution in [2.24, 2.45) is 0 Å². The number of hydrogen-bond acceptors (Lipinski definition) is 1. The SMILES string of the molecule is CC=S(=O)(CC)NC. The van der Waals surface area contributed by atoms with E-state index in [1.807, 2.05) is 13.8 Å². The molecule has 3 heteroatoms. The zero-order chi connectivity index (χ0) is 6.62. The molecule has 2 nitrogen and oxygen atoms in total. The Hall–Kier alpha value is -0.0200. The van der Waals surface area contributed by atoms with Crippen LogP contribution in [0.4, 0.5) is 0 Å². The largest absolute Gasteiger partial charge is 0.253 e. The lowest BCUT2D eigenvalue weighted by Gasteiger charge is -2.02. The van der Waals surface area contributed by atoms with Crippen molar-refractivity contribution in [3.8, 4) is 0 Å². The third kappa shape index (κ3) is 1.84. The molecule has 0 aliphatic rings. The van der Waals surface area contributed by atoms with Crippen LogP contribution < -0.4 is 4.72 Å². The first-order valence-electron chi connectivity index (χ1n) is 2.68. The van der Waals surface area contributed by atoms with Gasteiger partial charge in [0, 0.05) is 15.5 Å². The van der Waals surface area contributed by atoms with Crippen molar-refractivity contribution < 1.29 is 4.21 Å². The Morgan fingerprint density at radius 3 is 2.25 bits per heavy atom. The Morgan fingerprint density at radius 2 is 2.25 bits per heavy atom. The molecule has 0 radical (unpaired) electrons. The number of nitrogens with one attached hydrogen (secondary N) is 1. The summed E-state index contributed by atoms with van der Waals surface area (Å²) >= 11 is 0. The molecule has 1 unspecified atom stereocenters. The van der Waals surface area contributed by atoms with Crippen LogP contribution in [-0.4, -0.2) is 22.4 Å². The molecule has 0 saturated carbocycles. The minimum absolute atomic E-state index is 0.681. The standard InChI is InChI=1S/C5H13NOS/c1-4-8(7,5-2)6-3/h4H,5H2,1-3H3,(H,6,7). The molecule has 0 fully saturated rings. The van der Waals surface area contributed by atoms with E-state index in [-0.39, 0.29) is 0 Å². The van der Waals surface area contributed by atoms with E-state index in [2.05, 4.69) is 4.72 Å². The predicted molar refractivity (Wildman–Crippen MR) is 39.5 cm³/mol. The topological polar surface area (TPSA) is 29.1 Å².